The first-order chi connectivity index (χ1) is 17.5. The van der Waals surface area contributed by atoms with Crippen LogP contribution in [0.15, 0.2) is 88.9 Å². The Morgan fingerprint density at radius 3 is 2.47 bits per heavy atom. The Morgan fingerprint density at radius 1 is 1.03 bits per heavy atom. The van der Waals surface area contributed by atoms with Gasteiger partial charge in [-0.3, -0.25) is 4.79 Å². The first-order valence-electron chi connectivity index (χ1n) is 11.2. The summed E-state index contributed by atoms with van der Waals surface area (Å²) < 4.78 is 13.1. The van der Waals surface area contributed by atoms with Crippen molar-refractivity contribution in [1.82, 2.24) is 0 Å². The van der Waals surface area contributed by atoms with Crippen molar-refractivity contribution in [1.29, 1.82) is 5.26 Å². The molecule has 0 unspecified atom stereocenters. The fourth-order valence-electron chi connectivity index (χ4n) is 3.60. The Balaban J connectivity index is 1.47. The largest absolute Gasteiger partial charge is 0.494 e. The van der Waals surface area contributed by atoms with Crippen molar-refractivity contribution in [2.24, 2.45) is 0 Å². The van der Waals surface area contributed by atoms with Gasteiger partial charge in [-0.05, 0) is 116 Å². The summed E-state index contributed by atoms with van der Waals surface area (Å²) in [6.45, 7) is 2.89. The second-order valence-electron chi connectivity index (χ2n) is 7.87. The van der Waals surface area contributed by atoms with E-state index in [4.69, 9.17) is 9.47 Å². The van der Waals surface area contributed by atoms with Gasteiger partial charge in [-0.25, -0.2) is 0 Å². The van der Waals surface area contributed by atoms with Crippen LogP contribution >= 0.6 is 38.5 Å². The summed E-state index contributed by atoms with van der Waals surface area (Å²) in [5.41, 5.74) is 2.36. The Hall–Kier alpha value is -3.35. The molecule has 0 heterocycles. The van der Waals surface area contributed by atoms with Crippen LogP contribution in [0, 0.1) is 14.9 Å². The lowest BCUT2D eigenvalue weighted by Crippen LogP contribution is -2.13. The molecule has 0 saturated carbocycles. The number of halogens is 2. The van der Waals surface area contributed by atoms with Crippen molar-refractivity contribution >= 4 is 67.0 Å². The highest BCUT2D eigenvalue weighted by Gasteiger charge is 2.13. The van der Waals surface area contributed by atoms with E-state index in [9.17, 15) is 10.1 Å². The molecule has 180 valence electrons. The Morgan fingerprint density at radius 2 is 1.78 bits per heavy atom. The van der Waals surface area contributed by atoms with Gasteiger partial charge in [0.15, 0.2) is 0 Å². The van der Waals surface area contributed by atoms with E-state index in [1.54, 1.807) is 30.3 Å². The zero-order valence-corrected chi connectivity index (χ0v) is 23.2. The molecule has 1 N–H and O–H groups in total. The standard InChI is InChI=1S/C29H22BrIN2O3/c1-2-35-25-11-9-24(10-12-25)33-29(34)23(17-32)14-20-15-26(30)28(27(31)16-20)36-18-19-7-8-21-5-3-4-6-22(21)13-19/h3-16H,2,18H2,1H3,(H,33,34)/b23-14-. The van der Waals surface area contributed by atoms with E-state index in [0.717, 1.165) is 13.6 Å². The van der Waals surface area contributed by atoms with Gasteiger partial charge in [0.1, 0.15) is 29.7 Å². The molecule has 0 aliphatic heterocycles. The average Bonchev–Trinajstić information content (AvgIpc) is 2.88. The smallest absolute Gasteiger partial charge is 0.266 e. The number of carbonyl (C=O) groups is 1. The van der Waals surface area contributed by atoms with Crippen LogP contribution in [-0.4, -0.2) is 12.5 Å². The summed E-state index contributed by atoms with van der Waals surface area (Å²) in [4.78, 5) is 12.7. The third-order valence-electron chi connectivity index (χ3n) is 5.32. The van der Waals surface area contributed by atoms with Gasteiger partial charge in [-0.2, -0.15) is 5.26 Å². The summed E-state index contributed by atoms with van der Waals surface area (Å²) >= 11 is 5.77. The number of benzene rings is 4. The van der Waals surface area contributed by atoms with Crippen LogP contribution in [0.1, 0.15) is 18.1 Å². The number of nitrogens with zero attached hydrogens (tertiary/aromatic N) is 1. The number of hydrogen-bond donors (Lipinski definition) is 1. The molecule has 36 heavy (non-hydrogen) atoms. The predicted molar refractivity (Wildman–Crippen MR) is 155 cm³/mol. The number of carbonyl (C=O) groups excluding carboxylic acids is 1. The van der Waals surface area contributed by atoms with Gasteiger partial charge in [0.05, 0.1) is 14.6 Å². The number of nitrogens with one attached hydrogen (secondary N) is 1. The molecule has 4 aromatic carbocycles. The Bertz CT molecular complexity index is 1450. The minimum atomic E-state index is -0.482. The van der Waals surface area contributed by atoms with Crippen LogP contribution in [0.25, 0.3) is 16.8 Å². The van der Waals surface area contributed by atoms with Crippen molar-refractivity contribution in [2.75, 3.05) is 11.9 Å². The molecule has 1 amide bonds. The highest BCUT2D eigenvalue weighted by atomic mass is 127. The second kappa shape index (κ2) is 12.1. The van der Waals surface area contributed by atoms with Crippen molar-refractivity contribution in [3.8, 4) is 17.6 Å². The number of ether oxygens (including phenoxy) is 2. The van der Waals surface area contributed by atoms with Crippen molar-refractivity contribution < 1.29 is 14.3 Å². The van der Waals surface area contributed by atoms with Crippen molar-refractivity contribution in [3.05, 3.63) is 104 Å². The molecular weight excluding hydrogens is 631 g/mol. The van der Waals surface area contributed by atoms with Gasteiger partial charge in [0.2, 0.25) is 0 Å². The molecule has 0 atom stereocenters. The lowest BCUT2D eigenvalue weighted by Gasteiger charge is -2.12. The van der Waals surface area contributed by atoms with Crippen LogP contribution in [0.2, 0.25) is 0 Å². The lowest BCUT2D eigenvalue weighted by molar-refractivity contribution is -0.112. The van der Waals surface area contributed by atoms with Crippen LogP contribution in [-0.2, 0) is 11.4 Å². The maximum atomic E-state index is 12.7. The first-order valence-corrected chi connectivity index (χ1v) is 13.1. The molecular formula is C29H22BrIN2O3. The van der Waals surface area contributed by atoms with Gasteiger partial charge in [0, 0.05) is 5.69 Å². The van der Waals surface area contributed by atoms with E-state index < -0.39 is 5.91 Å². The lowest BCUT2D eigenvalue weighted by atomic mass is 10.1. The SMILES string of the molecule is CCOc1ccc(NC(=O)/C(C#N)=C\c2cc(Br)c(OCc3ccc4ccccc4c3)c(I)c2)cc1. The quantitative estimate of drug-likeness (QED) is 0.120. The number of fused-ring (bicyclic) bond motifs is 1. The van der Waals surface area contributed by atoms with E-state index in [2.05, 4.69) is 74.2 Å². The van der Waals surface area contributed by atoms with Crippen LogP contribution in [0.5, 0.6) is 11.5 Å². The Labute approximate surface area is 232 Å². The Kier molecular flexibility index (Phi) is 8.62. The normalized spacial score (nSPS) is 11.1. The zero-order valence-electron chi connectivity index (χ0n) is 19.4. The molecule has 0 fully saturated rings. The van der Waals surface area contributed by atoms with Gasteiger partial charge in [0.25, 0.3) is 5.91 Å². The number of amides is 1. The van der Waals surface area contributed by atoms with Crippen LogP contribution in [0.3, 0.4) is 0 Å². The molecule has 0 aliphatic rings. The molecule has 0 spiro atoms. The monoisotopic (exact) mass is 652 g/mol. The molecule has 0 aliphatic carbocycles. The van der Waals surface area contributed by atoms with Gasteiger partial charge in [-0.1, -0.05) is 36.4 Å². The number of nitriles is 1. The summed E-state index contributed by atoms with van der Waals surface area (Å²) in [6, 6.07) is 27.2. The molecule has 0 saturated heterocycles. The fraction of sp³-hybridized carbons (Fsp3) is 0.103. The first kappa shape index (κ1) is 25.7. The van der Waals surface area contributed by atoms with Crippen molar-refractivity contribution in [3.63, 3.8) is 0 Å². The van der Waals surface area contributed by atoms with E-state index in [-0.39, 0.29) is 5.57 Å². The molecule has 7 heteroatoms. The molecule has 4 rings (SSSR count). The number of anilines is 1. The van der Waals surface area contributed by atoms with E-state index in [1.807, 2.05) is 37.3 Å². The second-order valence-corrected chi connectivity index (χ2v) is 9.88. The fourth-order valence-corrected chi connectivity index (χ4v) is 5.37. The number of rotatable bonds is 8. The molecule has 4 aromatic rings. The third kappa shape index (κ3) is 6.45. The highest BCUT2D eigenvalue weighted by Crippen LogP contribution is 2.33. The molecule has 0 bridgehead atoms. The maximum Gasteiger partial charge on any atom is 0.266 e. The van der Waals surface area contributed by atoms with E-state index in [1.165, 1.54) is 10.8 Å². The van der Waals surface area contributed by atoms with E-state index >= 15 is 0 Å². The minimum Gasteiger partial charge on any atom is -0.494 e. The summed E-state index contributed by atoms with van der Waals surface area (Å²) in [7, 11) is 0. The summed E-state index contributed by atoms with van der Waals surface area (Å²) in [5.74, 6) is 0.941. The number of hydrogen-bond acceptors (Lipinski definition) is 4. The topological polar surface area (TPSA) is 71.3 Å². The average molecular weight is 653 g/mol. The predicted octanol–water partition coefficient (Wildman–Crippen LogP) is 7.73. The molecule has 5 nitrogen and oxygen atoms in total. The minimum absolute atomic E-state index is 0.00332. The third-order valence-corrected chi connectivity index (χ3v) is 6.71. The molecule has 0 radical (unpaired) electrons. The van der Waals surface area contributed by atoms with Gasteiger partial charge >= 0.3 is 0 Å². The maximum absolute atomic E-state index is 12.7. The van der Waals surface area contributed by atoms with Crippen molar-refractivity contribution in [2.45, 2.75) is 13.5 Å². The van der Waals surface area contributed by atoms with Crippen LogP contribution in [0.4, 0.5) is 5.69 Å². The zero-order chi connectivity index (χ0) is 25.5. The highest BCUT2D eigenvalue weighted by molar-refractivity contribution is 14.1. The van der Waals surface area contributed by atoms with Gasteiger partial charge in [-0.15, -0.1) is 0 Å². The summed E-state index contributed by atoms with van der Waals surface area (Å²) in [5, 5.41) is 14.7. The summed E-state index contributed by atoms with van der Waals surface area (Å²) in [6.07, 6.45) is 1.56. The van der Waals surface area contributed by atoms with Crippen LogP contribution < -0.4 is 14.8 Å². The molecule has 0 aromatic heterocycles. The van der Waals surface area contributed by atoms with Gasteiger partial charge < -0.3 is 14.8 Å². The van der Waals surface area contributed by atoms with E-state index in [0.29, 0.717) is 36.0 Å².